The lowest BCUT2D eigenvalue weighted by atomic mass is 10.0. The molecule has 0 aromatic carbocycles. The number of hydrogen-bond donors (Lipinski definition) is 0. The van der Waals surface area contributed by atoms with Crippen LogP contribution in [0.2, 0.25) is 0 Å². The number of likely N-dealkylation sites (N-methyl/N-ethyl adjacent to an activating group) is 1. The minimum Gasteiger partial charge on any atom is -1.00 e. The van der Waals surface area contributed by atoms with E-state index in [-0.39, 0.29) is 18.3 Å². The van der Waals surface area contributed by atoms with Gasteiger partial charge in [-0.15, -0.1) is 0 Å². The highest BCUT2D eigenvalue weighted by atomic mass is 35.5. The molecule has 120 valence electrons. The molecule has 0 rings (SSSR count). The lowest BCUT2D eigenvalue weighted by molar-refractivity contribution is -0.789. The number of quaternary nitrogens is 1. The van der Waals surface area contributed by atoms with Crippen molar-refractivity contribution in [1.82, 2.24) is 0 Å². The number of amides is 1. The summed E-state index contributed by atoms with van der Waals surface area (Å²) in [7, 11) is 5.72. The maximum absolute atomic E-state index is 11.9. The van der Waals surface area contributed by atoms with Gasteiger partial charge in [0.2, 0.25) is 0 Å². The molecule has 20 heavy (non-hydrogen) atoms. The van der Waals surface area contributed by atoms with E-state index in [1.54, 1.807) is 0 Å². The van der Waals surface area contributed by atoms with Crippen molar-refractivity contribution in [1.29, 1.82) is 0 Å². The monoisotopic (exact) mass is 303 g/mol. The molecule has 0 aliphatic carbocycles. The lowest BCUT2D eigenvalue weighted by Gasteiger charge is -2.21. The Labute approximate surface area is 132 Å². The number of nitrogens with zero attached hydrogens (tertiary/aromatic N) is 1. The van der Waals surface area contributed by atoms with Gasteiger partial charge in [-0.05, 0) is 12.8 Å². The fraction of sp³-hybridized carbons (Fsp3) is 0.824. The molecule has 0 fully saturated rings. The fourth-order valence-electron chi connectivity index (χ4n) is 2.23. The van der Waals surface area contributed by atoms with Crippen molar-refractivity contribution >= 4 is 5.91 Å². The summed E-state index contributed by atoms with van der Waals surface area (Å²) >= 11 is 0. The molecule has 0 unspecified atom stereocenters. The molecule has 0 aromatic rings. The van der Waals surface area contributed by atoms with Crippen LogP contribution in [0.25, 0.3) is 0 Å². The first-order chi connectivity index (χ1) is 8.89. The molecule has 0 N–H and O–H groups in total. The molecule has 0 aromatic heterocycles. The minimum atomic E-state index is 0. The van der Waals surface area contributed by atoms with E-state index in [0.717, 1.165) is 18.4 Å². The lowest BCUT2D eigenvalue weighted by Crippen LogP contribution is -3.00. The van der Waals surface area contributed by atoms with Crippen LogP contribution in [0, 0.1) is 0 Å². The van der Waals surface area contributed by atoms with Gasteiger partial charge < -0.3 is 12.4 Å². The van der Waals surface area contributed by atoms with Gasteiger partial charge in [0.05, 0.1) is 21.1 Å². The highest BCUT2D eigenvalue weighted by Crippen LogP contribution is 2.14. The van der Waals surface area contributed by atoms with Gasteiger partial charge in [0.25, 0.3) is 0 Å². The van der Waals surface area contributed by atoms with Gasteiger partial charge >= 0.3 is 5.91 Å². The Morgan fingerprint density at radius 3 is 1.65 bits per heavy atom. The zero-order chi connectivity index (χ0) is 14.7. The second-order valence-electron chi connectivity index (χ2n) is 6.50. The van der Waals surface area contributed by atoms with Crippen molar-refractivity contribution in [2.45, 2.75) is 71.1 Å². The van der Waals surface area contributed by atoms with Gasteiger partial charge in [-0.25, -0.2) is 4.79 Å². The molecule has 0 saturated heterocycles. The third kappa shape index (κ3) is 11.5. The molecule has 3 heteroatoms. The van der Waals surface area contributed by atoms with E-state index < -0.39 is 0 Å². The summed E-state index contributed by atoms with van der Waals surface area (Å²) in [4.78, 5) is 11.9. The Kier molecular flexibility index (Phi) is 13.6. The summed E-state index contributed by atoms with van der Waals surface area (Å²) < 4.78 is 0.357. The number of unbranched alkanes of at least 4 members (excludes halogenated alkanes) is 8. The molecule has 0 aliphatic heterocycles. The summed E-state index contributed by atoms with van der Waals surface area (Å²) in [5.41, 5.74) is 0.787. The number of halogens is 1. The zero-order valence-electron chi connectivity index (χ0n) is 14.0. The van der Waals surface area contributed by atoms with Crippen LogP contribution in [0.3, 0.4) is 0 Å². The Morgan fingerprint density at radius 2 is 1.25 bits per heavy atom. The molecule has 0 aliphatic rings. The van der Waals surface area contributed by atoms with E-state index >= 15 is 0 Å². The first-order valence-electron chi connectivity index (χ1n) is 7.93. The van der Waals surface area contributed by atoms with Crippen LogP contribution in [0.4, 0.5) is 0 Å². The van der Waals surface area contributed by atoms with Crippen LogP contribution >= 0.6 is 0 Å². The van der Waals surface area contributed by atoms with Gasteiger partial charge in [0.15, 0.2) is 0 Å². The summed E-state index contributed by atoms with van der Waals surface area (Å²) in [6, 6.07) is 0. The quantitative estimate of drug-likeness (QED) is 0.323. The molecule has 0 heterocycles. The van der Waals surface area contributed by atoms with Crippen LogP contribution in [-0.4, -0.2) is 31.5 Å². The molecular formula is C17H34ClNO. The first-order valence-corrected chi connectivity index (χ1v) is 7.93. The largest absolute Gasteiger partial charge is 1.00 e. The van der Waals surface area contributed by atoms with Gasteiger partial charge in [0.1, 0.15) is 0 Å². The van der Waals surface area contributed by atoms with Gasteiger partial charge in [-0.2, -0.15) is 0 Å². The average Bonchev–Trinajstić information content (AvgIpc) is 2.34. The molecule has 2 nitrogen and oxygen atoms in total. The summed E-state index contributed by atoms with van der Waals surface area (Å²) in [5.74, 6) is 0.166. The number of rotatable bonds is 11. The highest BCUT2D eigenvalue weighted by Gasteiger charge is 2.22. The molecular weight excluding hydrogens is 270 g/mol. The van der Waals surface area contributed by atoms with Crippen molar-refractivity contribution in [3.05, 3.63) is 12.2 Å². The molecule has 0 spiro atoms. The smallest absolute Gasteiger partial charge is 0.340 e. The zero-order valence-corrected chi connectivity index (χ0v) is 14.8. The molecule has 0 atom stereocenters. The second kappa shape index (κ2) is 12.4. The number of carbonyl (C=O) groups is 1. The minimum absolute atomic E-state index is 0. The van der Waals surface area contributed by atoms with Crippen LogP contribution in [-0.2, 0) is 4.79 Å². The van der Waals surface area contributed by atoms with Crippen molar-refractivity contribution in [3.8, 4) is 0 Å². The molecule has 0 radical (unpaired) electrons. The van der Waals surface area contributed by atoms with Crippen molar-refractivity contribution in [3.63, 3.8) is 0 Å². The first kappa shape index (κ1) is 21.9. The maximum Gasteiger partial charge on any atom is 0.340 e. The van der Waals surface area contributed by atoms with E-state index in [0.29, 0.717) is 4.48 Å². The number of hydrogen-bond acceptors (Lipinski definition) is 1. The second-order valence-corrected chi connectivity index (χ2v) is 6.50. The Balaban J connectivity index is 0. The third-order valence-electron chi connectivity index (χ3n) is 3.49. The SMILES string of the molecule is C=C(CCCCCCCCCCC)C(=O)[N+](C)(C)C.[Cl-]. The third-order valence-corrected chi connectivity index (χ3v) is 3.49. The Bertz CT molecular complexity index is 269. The van der Waals surface area contributed by atoms with Crippen molar-refractivity contribution in [2.24, 2.45) is 0 Å². The summed E-state index contributed by atoms with van der Waals surface area (Å²) in [6.45, 7) is 6.18. The molecule has 0 saturated carbocycles. The van der Waals surface area contributed by atoms with E-state index in [1.807, 2.05) is 21.1 Å². The van der Waals surface area contributed by atoms with E-state index in [9.17, 15) is 4.79 Å². The summed E-state index contributed by atoms with van der Waals surface area (Å²) in [6.07, 6.45) is 12.7. The molecule has 0 bridgehead atoms. The predicted molar refractivity (Wildman–Crippen MR) is 84.0 cm³/mol. The van der Waals surface area contributed by atoms with Crippen LogP contribution in [0.1, 0.15) is 71.1 Å². The highest BCUT2D eigenvalue weighted by molar-refractivity contribution is 5.86. The average molecular weight is 304 g/mol. The van der Waals surface area contributed by atoms with E-state index in [4.69, 9.17) is 0 Å². The summed E-state index contributed by atoms with van der Waals surface area (Å²) in [5, 5.41) is 0. The standard InChI is InChI=1S/C17H34NO.ClH/c1-6-7-8-9-10-11-12-13-14-15-16(2)17(19)18(3,4)5;/h2,6-15H2,1,3-5H3;1H/q+1;/p-1. The number of carbonyl (C=O) groups excluding carboxylic acids is 1. The normalized spacial score (nSPS) is 11.0. The van der Waals surface area contributed by atoms with E-state index in [2.05, 4.69) is 13.5 Å². The maximum atomic E-state index is 11.9. The van der Waals surface area contributed by atoms with Crippen LogP contribution < -0.4 is 12.4 Å². The van der Waals surface area contributed by atoms with Gasteiger partial charge in [-0.1, -0.05) is 64.9 Å². The van der Waals surface area contributed by atoms with Crippen molar-refractivity contribution in [2.75, 3.05) is 21.1 Å². The van der Waals surface area contributed by atoms with Crippen LogP contribution in [0.15, 0.2) is 12.2 Å². The van der Waals surface area contributed by atoms with Gasteiger partial charge in [-0.3, -0.25) is 4.48 Å². The topological polar surface area (TPSA) is 17.1 Å². The van der Waals surface area contributed by atoms with Gasteiger partial charge in [0, 0.05) is 5.57 Å². The fourth-order valence-corrected chi connectivity index (χ4v) is 2.23. The Hall–Kier alpha value is -0.340. The van der Waals surface area contributed by atoms with Crippen molar-refractivity contribution < 1.29 is 21.7 Å². The van der Waals surface area contributed by atoms with Crippen LogP contribution in [0.5, 0.6) is 0 Å². The molecule has 1 amide bonds. The van der Waals surface area contributed by atoms with E-state index in [1.165, 1.54) is 51.4 Å². The predicted octanol–water partition coefficient (Wildman–Crippen LogP) is 1.70. The Morgan fingerprint density at radius 1 is 0.850 bits per heavy atom.